The Hall–Kier alpha value is -1.32. The maximum atomic E-state index is 10.7. The van der Waals surface area contributed by atoms with Gasteiger partial charge in [-0.15, -0.1) is 0 Å². The first-order chi connectivity index (χ1) is 7.09. The number of carboxylic acid groups (broad SMARTS) is 1. The smallest absolute Gasteiger partial charge is 0.335 e. The molecule has 3 nitrogen and oxygen atoms in total. The minimum atomic E-state index is -1.01. The van der Waals surface area contributed by atoms with E-state index in [4.69, 9.17) is 28.3 Å². The van der Waals surface area contributed by atoms with Crippen molar-refractivity contribution in [3.8, 4) is 0 Å². The first kappa shape index (κ1) is 10.2. The van der Waals surface area contributed by atoms with E-state index in [1.807, 2.05) is 0 Å². The number of fused-ring (bicyclic) bond motifs is 1. The molecule has 15 heavy (non-hydrogen) atoms. The van der Waals surface area contributed by atoms with E-state index in [1.165, 1.54) is 18.3 Å². The third kappa shape index (κ3) is 1.76. The summed E-state index contributed by atoms with van der Waals surface area (Å²) in [6.45, 7) is 0. The van der Waals surface area contributed by atoms with E-state index in [1.54, 1.807) is 6.07 Å². The van der Waals surface area contributed by atoms with E-state index >= 15 is 0 Å². The van der Waals surface area contributed by atoms with Crippen LogP contribution in [0.15, 0.2) is 24.4 Å². The highest BCUT2D eigenvalue weighted by Crippen LogP contribution is 2.28. The number of aromatic nitrogens is 1. The molecule has 0 amide bonds. The lowest BCUT2D eigenvalue weighted by molar-refractivity contribution is 0.0697. The summed E-state index contributed by atoms with van der Waals surface area (Å²) in [5, 5.41) is 10.7. The average Bonchev–Trinajstić information content (AvgIpc) is 2.23. The highest BCUT2D eigenvalue weighted by atomic mass is 35.5. The maximum Gasteiger partial charge on any atom is 0.335 e. The zero-order valence-electron chi connectivity index (χ0n) is 7.37. The second kappa shape index (κ2) is 3.68. The van der Waals surface area contributed by atoms with Crippen LogP contribution in [0, 0.1) is 0 Å². The first-order valence-electron chi connectivity index (χ1n) is 4.06. The quantitative estimate of drug-likeness (QED) is 0.781. The van der Waals surface area contributed by atoms with Crippen LogP contribution in [-0.4, -0.2) is 16.1 Å². The van der Waals surface area contributed by atoms with Crippen LogP contribution in [0.1, 0.15) is 10.4 Å². The Bertz CT molecular complexity index is 554. The molecule has 1 aromatic heterocycles. The number of halogens is 2. The predicted molar refractivity (Wildman–Crippen MR) is 58.7 cm³/mol. The molecule has 0 aliphatic carbocycles. The van der Waals surface area contributed by atoms with Crippen molar-refractivity contribution in [3.63, 3.8) is 0 Å². The van der Waals surface area contributed by atoms with Crippen LogP contribution in [0.4, 0.5) is 0 Å². The predicted octanol–water partition coefficient (Wildman–Crippen LogP) is 3.24. The molecular formula is C10H5Cl2NO2. The summed E-state index contributed by atoms with van der Waals surface area (Å²) >= 11 is 11.7. The Labute approximate surface area is 95.3 Å². The van der Waals surface area contributed by atoms with Crippen LogP contribution in [0.5, 0.6) is 0 Å². The minimum absolute atomic E-state index is 0.161. The van der Waals surface area contributed by atoms with Crippen LogP contribution in [-0.2, 0) is 0 Å². The normalized spacial score (nSPS) is 10.5. The third-order valence-corrected chi connectivity index (χ3v) is 2.64. The van der Waals surface area contributed by atoms with Crippen LogP contribution in [0.3, 0.4) is 0 Å². The van der Waals surface area contributed by atoms with E-state index in [0.717, 1.165) is 0 Å². The second-order valence-corrected chi connectivity index (χ2v) is 3.73. The molecule has 0 saturated heterocycles. The number of nitrogens with zero attached hydrogens (tertiary/aromatic N) is 1. The van der Waals surface area contributed by atoms with Gasteiger partial charge in [0.25, 0.3) is 0 Å². The molecule has 2 aromatic rings. The zero-order chi connectivity index (χ0) is 11.0. The molecule has 1 N–H and O–H groups in total. The van der Waals surface area contributed by atoms with E-state index in [-0.39, 0.29) is 10.7 Å². The molecule has 0 aliphatic heterocycles. The van der Waals surface area contributed by atoms with Crippen LogP contribution in [0.25, 0.3) is 10.8 Å². The lowest BCUT2D eigenvalue weighted by Crippen LogP contribution is -1.95. The number of carboxylic acids is 1. The Morgan fingerprint density at radius 3 is 2.67 bits per heavy atom. The fourth-order valence-corrected chi connectivity index (χ4v) is 1.73. The molecule has 2 rings (SSSR count). The number of pyridine rings is 1. The van der Waals surface area contributed by atoms with Crippen molar-refractivity contribution in [2.45, 2.75) is 0 Å². The number of hydrogen-bond donors (Lipinski definition) is 1. The molecule has 0 unspecified atom stereocenters. The van der Waals surface area contributed by atoms with Gasteiger partial charge in [-0.1, -0.05) is 29.3 Å². The van der Waals surface area contributed by atoms with Gasteiger partial charge >= 0.3 is 5.97 Å². The largest absolute Gasteiger partial charge is 0.478 e. The Morgan fingerprint density at radius 2 is 2.00 bits per heavy atom. The number of hydrogen-bond acceptors (Lipinski definition) is 2. The highest BCUT2D eigenvalue weighted by molar-refractivity contribution is 6.39. The van der Waals surface area contributed by atoms with Gasteiger partial charge in [0.2, 0.25) is 0 Å². The molecule has 76 valence electrons. The van der Waals surface area contributed by atoms with Gasteiger partial charge in [0.1, 0.15) is 5.15 Å². The van der Waals surface area contributed by atoms with Crippen molar-refractivity contribution < 1.29 is 9.90 Å². The van der Waals surface area contributed by atoms with Gasteiger partial charge in [-0.05, 0) is 12.1 Å². The van der Waals surface area contributed by atoms with Crippen molar-refractivity contribution in [3.05, 3.63) is 40.1 Å². The van der Waals surface area contributed by atoms with Gasteiger partial charge in [0.15, 0.2) is 0 Å². The SMILES string of the molecule is O=C(O)c1ccc2c(Cl)cnc(Cl)c2c1. The number of rotatable bonds is 1. The van der Waals surface area contributed by atoms with Crippen LogP contribution in [0.2, 0.25) is 10.2 Å². The number of benzene rings is 1. The molecule has 0 spiro atoms. The van der Waals surface area contributed by atoms with Crippen molar-refractivity contribution in [2.75, 3.05) is 0 Å². The van der Waals surface area contributed by atoms with E-state index in [2.05, 4.69) is 4.98 Å². The molecule has 0 fully saturated rings. The molecular weight excluding hydrogens is 237 g/mol. The van der Waals surface area contributed by atoms with Crippen molar-refractivity contribution >= 4 is 39.9 Å². The minimum Gasteiger partial charge on any atom is -0.478 e. The maximum absolute atomic E-state index is 10.7. The van der Waals surface area contributed by atoms with Gasteiger partial charge in [0.05, 0.1) is 10.6 Å². The van der Waals surface area contributed by atoms with Crippen molar-refractivity contribution in [1.29, 1.82) is 0 Å². The van der Waals surface area contributed by atoms with Gasteiger partial charge in [0, 0.05) is 17.0 Å². The molecule has 0 aliphatic rings. The van der Waals surface area contributed by atoms with Crippen LogP contribution < -0.4 is 0 Å². The van der Waals surface area contributed by atoms with Gasteiger partial charge in [-0.3, -0.25) is 0 Å². The topological polar surface area (TPSA) is 50.2 Å². The summed E-state index contributed by atoms with van der Waals surface area (Å²) < 4.78 is 0. The Balaban J connectivity index is 2.81. The van der Waals surface area contributed by atoms with E-state index in [0.29, 0.717) is 15.8 Å². The summed E-state index contributed by atoms with van der Waals surface area (Å²) in [5.41, 5.74) is 0.161. The average molecular weight is 242 g/mol. The summed E-state index contributed by atoms with van der Waals surface area (Å²) in [7, 11) is 0. The molecule has 0 atom stereocenters. The molecule has 1 aromatic carbocycles. The first-order valence-corrected chi connectivity index (χ1v) is 4.82. The fourth-order valence-electron chi connectivity index (χ4n) is 1.31. The lowest BCUT2D eigenvalue weighted by Gasteiger charge is -2.03. The van der Waals surface area contributed by atoms with E-state index < -0.39 is 5.97 Å². The van der Waals surface area contributed by atoms with Gasteiger partial charge in [-0.2, -0.15) is 0 Å². The fraction of sp³-hybridized carbons (Fsp3) is 0. The Kier molecular flexibility index (Phi) is 2.50. The zero-order valence-corrected chi connectivity index (χ0v) is 8.88. The third-order valence-electron chi connectivity index (χ3n) is 2.04. The van der Waals surface area contributed by atoms with Gasteiger partial charge in [-0.25, -0.2) is 9.78 Å². The number of carbonyl (C=O) groups is 1. The standard InChI is InChI=1S/C10H5Cl2NO2/c11-8-4-13-9(12)7-3-5(10(14)15)1-2-6(7)8/h1-4H,(H,14,15). The second-order valence-electron chi connectivity index (χ2n) is 2.96. The summed E-state index contributed by atoms with van der Waals surface area (Å²) in [5.74, 6) is -1.01. The van der Waals surface area contributed by atoms with Crippen molar-refractivity contribution in [2.24, 2.45) is 0 Å². The van der Waals surface area contributed by atoms with E-state index in [9.17, 15) is 4.79 Å². The summed E-state index contributed by atoms with van der Waals surface area (Å²) in [6, 6.07) is 4.56. The Morgan fingerprint density at radius 1 is 1.27 bits per heavy atom. The van der Waals surface area contributed by atoms with Crippen LogP contribution >= 0.6 is 23.2 Å². The molecule has 0 saturated carbocycles. The van der Waals surface area contributed by atoms with Gasteiger partial charge < -0.3 is 5.11 Å². The highest BCUT2D eigenvalue weighted by Gasteiger charge is 2.08. The summed E-state index contributed by atoms with van der Waals surface area (Å²) in [4.78, 5) is 14.6. The summed E-state index contributed by atoms with van der Waals surface area (Å²) in [6.07, 6.45) is 1.44. The molecule has 0 bridgehead atoms. The molecule has 0 radical (unpaired) electrons. The van der Waals surface area contributed by atoms with Crippen molar-refractivity contribution in [1.82, 2.24) is 4.98 Å². The monoisotopic (exact) mass is 241 g/mol. The molecule has 5 heteroatoms. The lowest BCUT2D eigenvalue weighted by atomic mass is 10.1. The number of aromatic carboxylic acids is 1. The molecule has 1 heterocycles.